The second-order valence-corrected chi connectivity index (χ2v) is 10.5. The quantitative estimate of drug-likeness (QED) is 0.729. The first-order chi connectivity index (χ1) is 14.2. The molecule has 162 valence electrons. The molecule has 0 aromatic heterocycles. The van der Waals surface area contributed by atoms with Crippen LogP contribution in [0.25, 0.3) is 0 Å². The van der Waals surface area contributed by atoms with Crippen molar-refractivity contribution in [1.82, 2.24) is 9.21 Å². The number of nitrogens with one attached hydrogen (secondary N) is 1. The van der Waals surface area contributed by atoms with E-state index < -0.39 is 10.0 Å². The average Bonchev–Trinajstić information content (AvgIpc) is 2.71. The van der Waals surface area contributed by atoms with Crippen LogP contribution in [-0.2, 0) is 21.4 Å². The molecule has 0 aliphatic carbocycles. The van der Waals surface area contributed by atoms with Crippen LogP contribution in [0.2, 0.25) is 5.02 Å². The molecule has 1 atom stereocenters. The van der Waals surface area contributed by atoms with Crippen LogP contribution in [0.15, 0.2) is 47.4 Å². The van der Waals surface area contributed by atoms with Crippen molar-refractivity contribution >= 4 is 33.2 Å². The van der Waals surface area contributed by atoms with E-state index in [0.29, 0.717) is 17.3 Å². The van der Waals surface area contributed by atoms with E-state index in [1.165, 1.54) is 24.5 Å². The van der Waals surface area contributed by atoms with Gasteiger partial charge >= 0.3 is 0 Å². The number of nitrogens with zero attached hydrogens (tertiary/aromatic N) is 2. The highest BCUT2D eigenvalue weighted by Gasteiger charge is 2.27. The number of aryl methyl sites for hydroxylation is 1. The molecule has 1 amide bonds. The molecule has 0 bridgehead atoms. The van der Waals surface area contributed by atoms with E-state index >= 15 is 0 Å². The van der Waals surface area contributed by atoms with Gasteiger partial charge in [0.25, 0.3) is 0 Å². The van der Waals surface area contributed by atoms with Crippen LogP contribution in [0, 0.1) is 12.8 Å². The summed E-state index contributed by atoms with van der Waals surface area (Å²) >= 11 is 5.96. The number of rotatable bonds is 6. The number of sulfonamides is 1. The molecule has 1 aliphatic heterocycles. The first-order valence-electron chi connectivity index (χ1n) is 9.97. The molecule has 0 unspecified atom stereocenters. The van der Waals surface area contributed by atoms with Crippen molar-refractivity contribution in [2.45, 2.75) is 31.2 Å². The van der Waals surface area contributed by atoms with Crippen molar-refractivity contribution in [2.24, 2.45) is 5.92 Å². The molecular weight excluding hydrogens is 422 g/mol. The summed E-state index contributed by atoms with van der Waals surface area (Å²) in [4.78, 5) is 15.4. The fourth-order valence-corrected chi connectivity index (χ4v) is 4.66. The summed E-state index contributed by atoms with van der Waals surface area (Å²) in [6.07, 6.45) is 1.76. The molecule has 3 rings (SSSR count). The van der Waals surface area contributed by atoms with Gasteiger partial charge in [0.2, 0.25) is 15.9 Å². The van der Waals surface area contributed by atoms with Crippen LogP contribution in [0.3, 0.4) is 0 Å². The Balaban J connectivity index is 1.69. The Hall–Kier alpha value is -1.93. The third-order valence-electron chi connectivity index (χ3n) is 5.44. The Kier molecular flexibility index (Phi) is 7.18. The molecule has 30 heavy (non-hydrogen) atoms. The Bertz CT molecular complexity index is 1010. The minimum atomic E-state index is -3.56. The zero-order valence-electron chi connectivity index (χ0n) is 17.6. The third kappa shape index (κ3) is 5.40. The number of halogens is 1. The first-order valence-corrected chi connectivity index (χ1v) is 11.8. The molecule has 0 spiro atoms. The fraction of sp³-hybridized carbons (Fsp3) is 0.409. The molecule has 6 nitrogen and oxygen atoms in total. The maximum atomic E-state index is 12.9. The number of carbonyl (C=O) groups excluding carboxylic acids is 1. The van der Waals surface area contributed by atoms with Gasteiger partial charge < -0.3 is 5.32 Å². The van der Waals surface area contributed by atoms with Crippen molar-refractivity contribution in [3.05, 3.63) is 58.6 Å². The summed E-state index contributed by atoms with van der Waals surface area (Å²) in [7, 11) is -0.577. The molecule has 1 fully saturated rings. The van der Waals surface area contributed by atoms with Gasteiger partial charge in [-0.15, -0.1) is 0 Å². The Morgan fingerprint density at radius 1 is 1.20 bits per heavy atom. The predicted octanol–water partition coefficient (Wildman–Crippen LogP) is 3.75. The van der Waals surface area contributed by atoms with E-state index in [0.717, 1.165) is 37.1 Å². The van der Waals surface area contributed by atoms with Crippen molar-refractivity contribution in [2.75, 3.05) is 32.5 Å². The maximum absolute atomic E-state index is 12.9. The van der Waals surface area contributed by atoms with Crippen molar-refractivity contribution in [3.8, 4) is 0 Å². The summed E-state index contributed by atoms with van der Waals surface area (Å²) in [5, 5.41) is 3.67. The maximum Gasteiger partial charge on any atom is 0.242 e. The van der Waals surface area contributed by atoms with Gasteiger partial charge in [0.1, 0.15) is 0 Å². The van der Waals surface area contributed by atoms with Crippen LogP contribution in [0.4, 0.5) is 5.69 Å². The highest BCUT2D eigenvalue weighted by molar-refractivity contribution is 7.89. The lowest BCUT2D eigenvalue weighted by molar-refractivity contribution is -0.121. The normalized spacial score (nSPS) is 17.8. The fourth-order valence-electron chi connectivity index (χ4n) is 3.60. The van der Waals surface area contributed by atoms with E-state index in [1.807, 2.05) is 31.2 Å². The molecule has 8 heteroatoms. The van der Waals surface area contributed by atoms with Crippen molar-refractivity contribution in [3.63, 3.8) is 0 Å². The molecule has 1 saturated heterocycles. The standard InChI is InChI=1S/C22H28ClN3O3S/c1-16-6-11-20(30(28,29)25(2)3)13-21(16)24-22(27)18-5-4-12-26(15-18)14-17-7-9-19(23)10-8-17/h6-11,13,18H,4-5,12,14-15H2,1-3H3,(H,24,27)/t18-/m0/s1. The lowest BCUT2D eigenvalue weighted by atomic mass is 9.96. The Labute approximate surface area is 183 Å². The molecular formula is C22H28ClN3O3S. The molecule has 0 saturated carbocycles. The topological polar surface area (TPSA) is 69.7 Å². The van der Waals surface area contributed by atoms with Crippen molar-refractivity contribution in [1.29, 1.82) is 0 Å². The van der Waals surface area contributed by atoms with Crippen molar-refractivity contribution < 1.29 is 13.2 Å². The summed E-state index contributed by atoms with van der Waals surface area (Å²) in [6, 6.07) is 12.6. The second-order valence-electron chi connectivity index (χ2n) is 7.95. The lowest BCUT2D eigenvalue weighted by Crippen LogP contribution is -2.40. The number of likely N-dealkylation sites (tertiary alicyclic amines) is 1. The molecule has 1 heterocycles. The van der Waals surface area contributed by atoms with E-state index in [-0.39, 0.29) is 16.7 Å². The van der Waals surface area contributed by atoms with E-state index in [4.69, 9.17) is 11.6 Å². The zero-order valence-corrected chi connectivity index (χ0v) is 19.1. The number of anilines is 1. The number of benzene rings is 2. The van der Waals surface area contributed by atoms with E-state index in [1.54, 1.807) is 12.1 Å². The number of amides is 1. The zero-order chi connectivity index (χ0) is 21.9. The molecule has 2 aromatic rings. The highest BCUT2D eigenvalue weighted by atomic mass is 35.5. The summed E-state index contributed by atoms with van der Waals surface area (Å²) < 4.78 is 26.0. The van der Waals surface area contributed by atoms with Gasteiger partial charge in [0.15, 0.2) is 0 Å². The summed E-state index contributed by atoms with van der Waals surface area (Å²) in [6.45, 7) is 4.25. The molecule has 1 aliphatic rings. The largest absolute Gasteiger partial charge is 0.326 e. The molecule has 2 aromatic carbocycles. The Morgan fingerprint density at radius 2 is 1.90 bits per heavy atom. The number of hydrogen-bond acceptors (Lipinski definition) is 4. The number of piperidine rings is 1. The first kappa shape index (κ1) is 22.7. The van der Waals surface area contributed by atoms with Gasteiger partial charge in [-0.2, -0.15) is 0 Å². The van der Waals surface area contributed by atoms with Crippen LogP contribution in [0.5, 0.6) is 0 Å². The number of hydrogen-bond donors (Lipinski definition) is 1. The van der Waals surface area contributed by atoms with Gasteiger partial charge in [-0.3, -0.25) is 9.69 Å². The minimum Gasteiger partial charge on any atom is -0.326 e. The smallest absolute Gasteiger partial charge is 0.242 e. The third-order valence-corrected chi connectivity index (χ3v) is 7.50. The second kappa shape index (κ2) is 9.47. The predicted molar refractivity (Wildman–Crippen MR) is 120 cm³/mol. The minimum absolute atomic E-state index is 0.0710. The highest BCUT2D eigenvalue weighted by Crippen LogP contribution is 2.25. The van der Waals surface area contributed by atoms with Crippen LogP contribution in [0.1, 0.15) is 24.0 Å². The van der Waals surface area contributed by atoms with E-state index in [9.17, 15) is 13.2 Å². The van der Waals surface area contributed by atoms with E-state index in [2.05, 4.69) is 10.2 Å². The van der Waals surface area contributed by atoms with Gasteiger partial charge in [0.05, 0.1) is 10.8 Å². The van der Waals surface area contributed by atoms with Crippen LogP contribution in [-0.4, -0.2) is 50.7 Å². The van der Waals surface area contributed by atoms with Gasteiger partial charge in [-0.25, -0.2) is 12.7 Å². The van der Waals surface area contributed by atoms with Gasteiger partial charge in [-0.05, 0) is 61.7 Å². The van der Waals surface area contributed by atoms with Crippen LogP contribution < -0.4 is 5.32 Å². The summed E-state index contributed by atoms with van der Waals surface area (Å²) in [5.74, 6) is -0.210. The Morgan fingerprint density at radius 3 is 2.57 bits per heavy atom. The number of carbonyl (C=O) groups is 1. The van der Waals surface area contributed by atoms with Gasteiger partial charge in [-0.1, -0.05) is 29.8 Å². The molecule has 0 radical (unpaired) electrons. The van der Waals surface area contributed by atoms with Gasteiger partial charge in [0, 0.05) is 37.9 Å². The monoisotopic (exact) mass is 449 g/mol. The lowest BCUT2D eigenvalue weighted by Gasteiger charge is -2.32. The average molecular weight is 450 g/mol. The van der Waals surface area contributed by atoms with Crippen LogP contribution >= 0.6 is 11.6 Å². The molecule has 1 N–H and O–H groups in total. The SMILES string of the molecule is Cc1ccc(S(=O)(=O)N(C)C)cc1NC(=O)[C@H]1CCCN(Cc2ccc(Cl)cc2)C1. The summed E-state index contributed by atoms with van der Waals surface area (Å²) in [5.41, 5.74) is 2.53.